The van der Waals surface area contributed by atoms with Crippen molar-refractivity contribution in [1.29, 1.82) is 0 Å². The first-order chi connectivity index (χ1) is 9.83. The molecule has 2 rings (SSSR count). The van der Waals surface area contributed by atoms with Gasteiger partial charge < -0.3 is 9.84 Å². The molecule has 0 aliphatic heterocycles. The van der Waals surface area contributed by atoms with Crippen LogP contribution in [0.2, 0.25) is 10.0 Å². The number of methoxy groups -OCH3 is 1. The van der Waals surface area contributed by atoms with E-state index in [1.807, 2.05) is 0 Å². The molecule has 0 amide bonds. The lowest BCUT2D eigenvalue weighted by atomic mass is 10.3. The normalized spacial score (nSPS) is 11.2. The third kappa shape index (κ3) is 3.53. The summed E-state index contributed by atoms with van der Waals surface area (Å²) in [5.74, 6) is 0.0688. The third-order valence-electron chi connectivity index (χ3n) is 2.63. The maximum absolute atomic E-state index is 12.2. The summed E-state index contributed by atoms with van der Waals surface area (Å²) in [6, 6.07) is 8.13. The Morgan fingerprint density at radius 1 is 1.10 bits per heavy atom. The predicted octanol–water partition coefficient (Wildman–Crippen LogP) is 3.51. The fourth-order valence-corrected chi connectivity index (χ4v) is 3.05. The van der Waals surface area contributed by atoms with Crippen LogP contribution in [-0.2, 0) is 10.0 Å². The van der Waals surface area contributed by atoms with Gasteiger partial charge in [-0.15, -0.1) is 0 Å². The maximum atomic E-state index is 12.2. The van der Waals surface area contributed by atoms with Gasteiger partial charge in [-0.1, -0.05) is 23.2 Å². The first kappa shape index (κ1) is 15.8. The molecule has 2 N–H and O–H groups in total. The Morgan fingerprint density at radius 3 is 2.38 bits per heavy atom. The molecular formula is C13H11Cl2NO4S. The topological polar surface area (TPSA) is 75.6 Å². The number of halogens is 2. The summed E-state index contributed by atoms with van der Waals surface area (Å²) in [4.78, 5) is -0.0350. The van der Waals surface area contributed by atoms with E-state index < -0.39 is 10.0 Å². The lowest BCUT2D eigenvalue weighted by Crippen LogP contribution is -2.12. The molecular weight excluding hydrogens is 337 g/mol. The zero-order chi connectivity index (χ0) is 15.6. The van der Waals surface area contributed by atoms with E-state index in [1.54, 1.807) is 0 Å². The van der Waals surface area contributed by atoms with E-state index in [0.717, 1.165) is 0 Å². The Labute approximate surface area is 132 Å². The van der Waals surface area contributed by atoms with Gasteiger partial charge >= 0.3 is 0 Å². The number of hydrogen-bond acceptors (Lipinski definition) is 4. The van der Waals surface area contributed by atoms with E-state index in [9.17, 15) is 13.5 Å². The van der Waals surface area contributed by atoms with Crippen molar-refractivity contribution < 1.29 is 18.3 Å². The van der Waals surface area contributed by atoms with Crippen molar-refractivity contribution in [3.8, 4) is 11.5 Å². The fourth-order valence-electron chi connectivity index (χ4n) is 1.61. The van der Waals surface area contributed by atoms with Crippen molar-refractivity contribution in [1.82, 2.24) is 0 Å². The highest BCUT2D eigenvalue weighted by atomic mass is 35.5. The Morgan fingerprint density at radius 2 is 1.81 bits per heavy atom. The first-order valence-electron chi connectivity index (χ1n) is 5.68. The van der Waals surface area contributed by atoms with Crippen LogP contribution in [0.5, 0.6) is 11.5 Å². The molecule has 0 aromatic heterocycles. The number of nitrogens with one attached hydrogen (secondary N) is 1. The van der Waals surface area contributed by atoms with E-state index in [-0.39, 0.29) is 32.1 Å². The van der Waals surface area contributed by atoms with Crippen LogP contribution in [0.25, 0.3) is 0 Å². The summed E-state index contributed by atoms with van der Waals surface area (Å²) in [6.07, 6.45) is 0. The lowest BCUT2D eigenvalue weighted by Gasteiger charge is -2.10. The zero-order valence-electron chi connectivity index (χ0n) is 10.8. The Balaban J connectivity index is 2.32. The van der Waals surface area contributed by atoms with Gasteiger partial charge in [0, 0.05) is 6.07 Å². The van der Waals surface area contributed by atoms with Crippen LogP contribution >= 0.6 is 23.2 Å². The number of aromatic hydroxyl groups is 1. The quantitative estimate of drug-likeness (QED) is 0.887. The Hall–Kier alpha value is -1.63. The van der Waals surface area contributed by atoms with Crippen LogP contribution < -0.4 is 9.46 Å². The van der Waals surface area contributed by atoms with E-state index in [4.69, 9.17) is 27.9 Å². The molecule has 0 saturated carbocycles. The highest BCUT2D eigenvalue weighted by Crippen LogP contribution is 2.30. The van der Waals surface area contributed by atoms with Gasteiger partial charge in [-0.05, 0) is 30.3 Å². The van der Waals surface area contributed by atoms with Gasteiger partial charge in [0.2, 0.25) is 0 Å². The molecule has 21 heavy (non-hydrogen) atoms. The summed E-state index contributed by atoms with van der Waals surface area (Å²) >= 11 is 11.6. The van der Waals surface area contributed by atoms with Crippen molar-refractivity contribution in [3.63, 3.8) is 0 Å². The number of phenolic OH excluding ortho intramolecular Hbond substituents is 1. The number of rotatable bonds is 4. The second-order valence-corrected chi connectivity index (χ2v) is 6.56. The molecule has 2 aromatic rings. The van der Waals surface area contributed by atoms with E-state index in [2.05, 4.69) is 4.72 Å². The summed E-state index contributed by atoms with van der Waals surface area (Å²) < 4.78 is 31.6. The number of anilines is 1. The molecule has 0 spiro atoms. The third-order valence-corrected chi connectivity index (χ3v) is 4.75. The van der Waals surface area contributed by atoms with Crippen LogP contribution in [0, 0.1) is 0 Å². The molecule has 0 fully saturated rings. The molecule has 0 aliphatic carbocycles. The Bertz CT molecular complexity index is 778. The average Bonchev–Trinajstić information content (AvgIpc) is 2.41. The van der Waals surface area contributed by atoms with Gasteiger partial charge in [0.15, 0.2) is 11.5 Å². The van der Waals surface area contributed by atoms with Crippen LogP contribution in [0.15, 0.2) is 41.3 Å². The monoisotopic (exact) mass is 347 g/mol. The van der Waals surface area contributed by atoms with Crippen molar-refractivity contribution in [2.45, 2.75) is 4.90 Å². The van der Waals surface area contributed by atoms with Gasteiger partial charge in [0.25, 0.3) is 10.0 Å². The standard InChI is InChI=1S/C13H11Cl2NO4S/c1-20-13-5-2-8(6-12(13)17)16-21(18,19)9-3-4-10(14)11(15)7-9/h2-7,16-17H,1H3. The SMILES string of the molecule is COc1ccc(NS(=O)(=O)c2ccc(Cl)c(Cl)c2)cc1O. The van der Waals surface area contributed by atoms with Gasteiger partial charge in [-0.3, -0.25) is 4.72 Å². The maximum Gasteiger partial charge on any atom is 0.261 e. The molecule has 8 heteroatoms. The Kier molecular flexibility index (Phi) is 4.51. The molecule has 2 aromatic carbocycles. The molecule has 112 valence electrons. The van der Waals surface area contributed by atoms with Gasteiger partial charge in [0.1, 0.15) is 0 Å². The number of ether oxygens (including phenoxy) is 1. The smallest absolute Gasteiger partial charge is 0.261 e. The minimum absolute atomic E-state index is 0.0350. The molecule has 0 saturated heterocycles. The lowest BCUT2D eigenvalue weighted by molar-refractivity contribution is 0.373. The molecule has 0 heterocycles. The van der Waals surface area contributed by atoms with Gasteiger partial charge in [-0.2, -0.15) is 0 Å². The van der Waals surface area contributed by atoms with E-state index in [1.165, 1.54) is 43.5 Å². The fraction of sp³-hybridized carbons (Fsp3) is 0.0769. The van der Waals surface area contributed by atoms with E-state index >= 15 is 0 Å². The zero-order valence-corrected chi connectivity index (χ0v) is 13.1. The average molecular weight is 348 g/mol. The molecule has 0 unspecified atom stereocenters. The largest absolute Gasteiger partial charge is 0.504 e. The second kappa shape index (κ2) is 6.01. The molecule has 0 atom stereocenters. The molecule has 0 radical (unpaired) electrons. The van der Waals surface area contributed by atoms with Crippen LogP contribution in [0.3, 0.4) is 0 Å². The summed E-state index contributed by atoms with van der Waals surface area (Å²) in [5, 5.41) is 10.0. The van der Waals surface area contributed by atoms with Crippen molar-refractivity contribution >= 4 is 38.9 Å². The minimum atomic E-state index is -3.83. The highest BCUT2D eigenvalue weighted by Gasteiger charge is 2.16. The number of benzene rings is 2. The van der Waals surface area contributed by atoms with Crippen molar-refractivity contribution in [2.75, 3.05) is 11.8 Å². The molecule has 5 nitrogen and oxygen atoms in total. The van der Waals surface area contributed by atoms with Crippen LogP contribution in [0.4, 0.5) is 5.69 Å². The summed E-state index contributed by atoms with van der Waals surface area (Å²) in [6.45, 7) is 0. The first-order valence-corrected chi connectivity index (χ1v) is 7.92. The highest BCUT2D eigenvalue weighted by molar-refractivity contribution is 7.92. The predicted molar refractivity (Wildman–Crippen MR) is 81.9 cm³/mol. The number of phenols is 1. The van der Waals surface area contributed by atoms with Crippen molar-refractivity contribution in [3.05, 3.63) is 46.4 Å². The number of hydrogen-bond donors (Lipinski definition) is 2. The molecule has 0 aliphatic rings. The number of sulfonamides is 1. The molecule has 0 bridgehead atoms. The summed E-state index contributed by atoms with van der Waals surface area (Å²) in [5.41, 5.74) is 0.194. The second-order valence-electron chi connectivity index (χ2n) is 4.07. The minimum Gasteiger partial charge on any atom is -0.504 e. The van der Waals surface area contributed by atoms with Crippen molar-refractivity contribution in [2.24, 2.45) is 0 Å². The van der Waals surface area contributed by atoms with Crippen LogP contribution in [-0.4, -0.2) is 20.6 Å². The summed E-state index contributed by atoms with van der Waals surface area (Å²) in [7, 11) is -2.44. The van der Waals surface area contributed by atoms with Gasteiger partial charge in [-0.25, -0.2) is 8.42 Å². The van der Waals surface area contributed by atoms with E-state index in [0.29, 0.717) is 0 Å². The van der Waals surface area contributed by atoms with Gasteiger partial charge in [0.05, 0.1) is 27.7 Å². The van der Waals surface area contributed by atoms with Crippen LogP contribution in [0.1, 0.15) is 0 Å².